The molecule has 0 aliphatic rings. The number of ether oxygens (including phenoxy) is 1. The van der Waals surface area contributed by atoms with Crippen molar-refractivity contribution in [1.29, 1.82) is 0 Å². The number of esters is 1. The van der Waals surface area contributed by atoms with Crippen LogP contribution in [0.3, 0.4) is 0 Å². The third kappa shape index (κ3) is 5.44. The standard InChI is InChI=1S/C21H21ClN4O2/c1-14-11-19(23-10-9-15-5-3-7-17(22)12-15)26-21(24-14)25-18-8-4-6-16(13-18)20(27)28-2/h3-8,11-13H,9-10H2,1-2H3,(H2,23,24,25,26). The lowest BCUT2D eigenvalue weighted by molar-refractivity contribution is 0.0601. The zero-order chi connectivity index (χ0) is 19.9. The fourth-order valence-electron chi connectivity index (χ4n) is 2.71. The molecule has 1 aromatic heterocycles. The highest BCUT2D eigenvalue weighted by Gasteiger charge is 2.08. The lowest BCUT2D eigenvalue weighted by Crippen LogP contribution is -2.09. The molecule has 28 heavy (non-hydrogen) atoms. The number of carbonyl (C=O) groups excluding carboxylic acids is 1. The van der Waals surface area contributed by atoms with Crippen molar-refractivity contribution in [2.24, 2.45) is 0 Å². The van der Waals surface area contributed by atoms with Gasteiger partial charge in [0.2, 0.25) is 5.95 Å². The third-order valence-electron chi connectivity index (χ3n) is 4.00. The number of rotatable bonds is 7. The molecule has 0 saturated carbocycles. The van der Waals surface area contributed by atoms with Crippen LogP contribution in [-0.2, 0) is 11.2 Å². The van der Waals surface area contributed by atoms with Gasteiger partial charge in [-0.15, -0.1) is 0 Å². The third-order valence-corrected chi connectivity index (χ3v) is 4.24. The van der Waals surface area contributed by atoms with Crippen molar-refractivity contribution in [3.63, 3.8) is 0 Å². The van der Waals surface area contributed by atoms with Gasteiger partial charge in [0.1, 0.15) is 5.82 Å². The zero-order valence-electron chi connectivity index (χ0n) is 15.7. The summed E-state index contributed by atoms with van der Waals surface area (Å²) < 4.78 is 4.75. The molecule has 7 heteroatoms. The Labute approximate surface area is 168 Å². The van der Waals surface area contributed by atoms with Crippen LogP contribution in [0, 0.1) is 6.92 Å². The first-order valence-electron chi connectivity index (χ1n) is 8.83. The van der Waals surface area contributed by atoms with Gasteiger partial charge in [-0.1, -0.05) is 29.8 Å². The Morgan fingerprint density at radius 3 is 2.71 bits per heavy atom. The van der Waals surface area contributed by atoms with Gasteiger partial charge in [0.05, 0.1) is 12.7 Å². The van der Waals surface area contributed by atoms with Crippen LogP contribution in [-0.4, -0.2) is 29.6 Å². The molecular formula is C21H21ClN4O2. The number of methoxy groups -OCH3 is 1. The zero-order valence-corrected chi connectivity index (χ0v) is 16.5. The number of hydrogen-bond acceptors (Lipinski definition) is 6. The van der Waals surface area contributed by atoms with E-state index in [4.69, 9.17) is 16.3 Å². The highest BCUT2D eigenvalue weighted by Crippen LogP contribution is 2.18. The first-order chi connectivity index (χ1) is 13.5. The number of halogens is 1. The van der Waals surface area contributed by atoms with Gasteiger partial charge in [-0.05, 0) is 49.2 Å². The number of anilines is 3. The molecule has 2 N–H and O–H groups in total. The average Bonchev–Trinajstić information content (AvgIpc) is 2.67. The van der Waals surface area contributed by atoms with Gasteiger partial charge in [-0.3, -0.25) is 0 Å². The second kappa shape index (κ2) is 9.19. The van der Waals surface area contributed by atoms with Gasteiger partial charge in [0, 0.05) is 29.0 Å². The lowest BCUT2D eigenvalue weighted by Gasteiger charge is -2.11. The van der Waals surface area contributed by atoms with Crippen LogP contribution in [0.2, 0.25) is 5.02 Å². The van der Waals surface area contributed by atoms with Gasteiger partial charge in [0.25, 0.3) is 0 Å². The molecule has 6 nitrogen and oxygen atoms in total. The minimum absolute atomic E-state index is 0.391. The molecule has 0 aliphatic heterocycles. The highest BCUT2D eigenvalue weighted by molar-refractivity contribution is 6.30. The summed E-state index contributed by atoms with van der Waals surface area (Å²) >= 11 is 6.02. The number of benzene rings is 2. The van der Waals surface area contributed by atoms with Crippen LogP contribution in [0.25, 0.3) is 0 Å². The molecule has 0 saturated heterocycles. The van der Waals surface area contributed by atoms with E-state index < -0.39 is 5.97 Å². The quantitative estimate of drug-likeness (QED) is 0.567. The van der Waals surface area contributed by atoms with Gasteiger partial charge < -0.3 is 15.4 Å². The maximum absolute atomic E-state index is 11.7. The molecule has 3 rings (SSSR count). The molecule has 0 spiro atoms. The maximum atomic E-state index is 11.7. The molecule has 0 aliphatic carbocycles. The summed E-state index contributed by atoms with van der Waals surface area (Å²) in [5, 5.41) is 7.18. The monoisotopic (exact) mass is 396 g/mol. The van der Waals surface area contributed by atoms with E-state index in [2.05, 4.69) is 20.6 Å². The fraction of sp³-hybridized carbons (Fsp3) is 0.190. The second-order valence-corrected chi connectivity index (χ2v) is 6.66. The summed E-state index contributed by atoms with van der Waals surface area (Å²) in [6.07, 6.45) is 0.827. The van der Waals surface area contributed by atoms with E-state index >= 15 is 0 Å². The molecule has 0 fully saturated rings. The first-order valence-corrected chi connectivity index (χ1v) is 9.21. The molecule has 0 radical (unpaired) electrons. The molecule has 0 amide bonds. The molecule has 1 heterocycles. The van der Waals surface area contributed by atoms with Crippen molar-refractivity contribution in [3.05, 3.63) is 76.4 Å². The Balaban J connectivity index is 1.67. The van der Waals surface area contributed by atoms with E-state index in [9.17, 15) is 4.79 Å². The highest BCUT2D eigenvalue weighted by atomic mass is 35.5. The van der Waals surface area contributed by atoms with Crippen LogP contribution >= 0.6 is 11.6 Å². The summed E-state index contributed by atoms with van der Waals surface area (Å²) in [7, 11) is 1.35. The van der Waals surface area contributed by atoms with Gasteiger partial charge in [-0.25, -0.2) is 9.78 Å². The molecule has 0 unspecified atom stereocenters. The van der Waals surface area contributed by atoms with Crippen molar-refractivity contribution in [2.45, 2.75) is 13.3 Å². The number of carbonyl (C=O) groups is 1. The largest absolute Gasteiger partial charge is 0.465 e. The van der Waals surface area contributed by atoms with E-state index in [-0.39, 0.29) is 0 Å². The molecule has 0 bridgehead atoms. The van der Waals surface area contributed by atoms with Crippen molar-refractivity contribution >= 4 is 35.0 Å². The molecule has 3 aromatic rings. The first kappa shape index (κ1) is 19.6. The SMILES string of the molecule is COC(=O)c1cccc(Nc2nc(C)cc(NCCc3cccc(Cl)c3)n2)c1. The smallest absolute Gasteiger partial charge is 0.337 e. The van der Waals surface area contributed by atoms with E-state index in [1.54, 1.807) is 18.2 Å². The second-order valence-electron chi connectivity index (χ2n) is 6.22. The van der Waals surface area contributed by atoms with E-state index in [1.165, 1.54) is 7.11 Å². The Morgan fingerprint density at radius 2 is 1.93 bits per heavy atom. The summed E-state index contributed by atoms with van der Waals surface area (Å²) in [5.74, 6) is 0.783. The summed E-state index contributed by atoms with van der Waals surface area (Å²) in [5.41, 5.74) is 3.15. The van der Waals surface area contributed by atoms with Gasteiger partial charge in [0.15, 0.2) is 0 Å². The average molecular weight is 397 g/mol. The van der Waals surface area contributed by atoms with Crippen molar-refractivity contribution in [1.82, 2.24) is 9.97 Å². The van der Waals surface area contributed by atoms with Crippen LogP contribution in [0.4, 0.5) is 17.5 Å². The van der Waals surface area contributed by atoms with E-state index in [0.29, 0.717) is 23.7 Å². The maximum Gasteiger partial charge on any atom is 0.337 e. The fourth-order valence-corrected chi connectivity index (χ4v) is 2.93. The predicted octanol–water partition coefficient (Wildman–Crippen LogP) is 4.62. The van der Waals surface area contributed by atoms with Gasteiger partial charge in [-0.2, -0.15) is 4.98 Å². The van der Waals surface area contributed by atoms with Crippen molar-refractivity contribution < 1.29 is 9.53 Å². The van der Waals surface area contributed by atoms with Crippen LogP contribution < -0.4 is 10.6 Å². The summed E-state index contributed by atoms with van der Waals surface area (Å²) in [4.78, 5) is 20.6. The topological polar surface area (TPSA) is 76.1 Å². The van der Waals surface area contributed by atoms with Crippen molar-refractivity contribution in [3.8, 4) is 0 Å². The van der Waals surface area contributed by atoms with Gasteiger partial charge >= 0.3 is 5.97 Å². The Morgan fingerprint density at radius 1 is 1.11 bits per heavy atom. The minimum Gasteiger partial charge on any atom is -0.465 e. The van der Waals surface area contributed by atoms with E-state index in [0.717, 1.165) is 28.5 Å². The van der Waals surface area contributed by atoms with Crippen LogP contribution in [0.15, 0.2) is 54.6 Å². The minimum atomic E-state index is -0.391. The number of aromatic nitrogens is 2. The number of hydrogen-bond donors (Lipinski definition) is 2. The number of aryl methyl sites for hydroxylation is 1. The molecule has 0 atom stereocenters. The van der Waals surface area contributed by atoms with Crippen LogP contribution in [0.1, 0.15) is 21.6 Å². The van der Waals surface area contributed by atoms with Crippen molar-refractivity contribution in [2.75, 3.05) is 24.3 Å². The van der Waals surface area contributed by atoms with E-state index in [1.807, 2.05) is 43.3 Å². The molecule has 144 valence electrons. The predicted molar refractivity (Wildman–Crippen MR) is 111 cm³/mol. The number of nitrogens with zero attached hydrogens (tertiary/aromatic N) is 2. The Hall–Kier alpha value is -3.12. The summed E-state index contributed by atoms with van der Waals surface area (Å²) in [6.45, 7) is 2.62. The summed E-state index contributed by atoms with van der Waals surface area (Å²) in [6, 6.07) is 16.7. The molecule has 2 aromatic carbocycles. The van der Waals surface area contributed by atoms with Crippen LogP contribution in [0.5, 0.6) is 0 Å². The Kier molecular flexibility index (Phi) is 6.45. The normalized spacial score (nSPS) is 10.4. The lowest BCUT2D eigenvalue weighted by atomic mass is 10.1. The Bertz CT molecular complexity index is 978. The molecular weight excluding hydrogens is 376 g/mol. The number of nitrogens with one attached hydrogen (secondary N) is 2.